The quantitative estimate of drug-likeness (QED) is 0.276. The number of Topliss-reactive ketones (excluding diaryl/α,β-unsaturated/α-hetero) is 1. The SMILES string of the molecule is COC(=O)Cn1c(SCC(=O)c2ccc(C)c(C)c2)nc2ccccc2c1=O. The zero-order chi connectivity index (χ0) is 20.3. The van der Waals surface area contributed by atoms with Gasteiger partial charge in [0.05, 0.1) is 23.8 Å². The van der Waals surface area contributed by atoms with Gasteiger partial charge in [0.1, 0.15) is 6.54 Å². The Kier molecular flexibility index (Phi) is 5.94. The van der Waals surface area contributed by atoms with Crippen molar-refractivity contribution in [3.8, 4) is 0 Å². The Labute approximate surface area is 166 Å². The van der Waals surface area contributed by atoms with E-state index in [1.54, 1.807) is 30.3 Å². The molecule has 0 aliphatic heterocycles. The number of benzene rings is 2. The lowest BCUT2D eigenvalue weighted by Gasteiger charge is -2.12. The number of para-hydroxylation sites is 1. The highest BCUT2D eigenvalue weighted by molar-refractivity contribution is 7.99. The molecular formula is C21H20N2O4S. The predicted octanol–water partition coefficient (Wildman–Crippen LogP) is 3.16. The average molecular weight is 396 g/mol. The highest BCUT2D eigenvalue weighted by atomic mass is 32.2. The number of carbonyl (C=O) groups is 2. The van der Waals surface area contributed by atoms with Gasteiger partial charge in [-0.05, 0) is 43.2 Å². The summed E-state index contributed by atoms with van der Waals surface area (Å²) in [5.74, 6) is -0.518. The third-order valence-electron chi connectivity index (χ3n) is 4.50. The van der Waals surface area contributed by atoms with E-state index in [2.05, 4.69) is 4.98 Å². The van der Waals surface area contributed by atoms with Crippen molar-refractivity contribution in [3.63, 3.8) is 0 Å². The maximum absolute atomic E-state index is 12.8. The number of ketones is 1. The molecule has 3 aromatic rings. The second-order valence-corrected chi connectivity index (χ2v) is 7.33. The lowest BCUT2D eigenvalue weighted by atomic mass is 10.0. The van der Waals surface area contributed by atoms with Crippen molar-refractivity contribution in [2.24, 2.45) is 0 Å². The molecule has 1 aromatic heterocycles. The monoisotopic (exact) mass is 396 g/mol. The topological polar surface area (TPSA) is 78.3 Å². The highest BCUT2D eigenvalue weighted by Crippen LogP contribution is 2.20. The molecule has 0 atom stereocenters. The molecule has 0 unspecified atom stereocenters. The summed E-state index contributed by atoms with van der Waals surface area (Å²) >= 11 is 1.14. The fourth-order valence-corrected chi connectivity index (χ4v) is 3.61. The van der Waals surface area contributed by atoms with Gasteiger partial charge in [-0.1, -0.05) is 36.0 Å². The molecule has 0 saturated carbocycles. The van der Waals surface area contributed by atoms with E-state index in [1.165, 1.54) is 11.7 Å². The van der Waals surface area contributed by atoms with Gasteiger partial charge in [-0.3, -0.25) is 19.0 Å². The van der Waals surface area contributed by atoms with Crippen molar-refractivity contribution in [2.45, 2.75) is 25.5 Å². The third-order valence-corrected chi connectivity index (χ3v) is 5.48. The van der Waals surface area contributed by atoms with Crippen LogP contribution in [0.1, 0.15) is 21.5 Å². The number of ether oxygens (including phenoxy) is 1. The lowest BCUT2D eigenvalue weighted by Crippen LogP contribution is -2.27. The number of thioether (sulfide) groups is 1. The van der Waals surface area contributed by atoms with E-state index < -0.39 is 5.97 Å². The minimum absolute atomic E-state index is 0.0693. The molecule has 28 heavy (non-hydrogen) atoms. The molecule has 0 aliphatic rings. The van der Waals surface area contributed by atoms with Gasteiger partial charge >= 0.3 is 5.97 Å². The van der Waals surface area contributed by atoms with Crippen molar-refractivity contribution in [3.05, 3.63) is 69.5 Å². The predicted molar refractivity (Wildman–Crippen MR) is 109 cm³/mol. The van der Waals surface area contributed by atoms with Crippen LogP contribution in [0.4, 0.5) is 0 Å². The van der Waals surface area contributed by atoms with Gasteiger partial charge in [0.25, 0.3) is 5.56 Å². The smallest absolute Gasteiger partial charge is 0.325 e. The van der Waals surface area contributed by atoms with Crippen LogP contribution in [0.15, 0.2) is 52.4 Å². The summed E-state index contributed by atoms with van der Waals surface area (Å²) in [7, 11) is 1.26. The first-order valence-corrected chi connectivity index (χ1v) is 9.69. The lowest BCUT2D eigenvalue weighted by molar-refractivity contribution is -0.141. The molecule has 0 bridgehead atoms. The number of esters is 1. The number of methoxy groups -OCH3 is 1. The number of hydrogen-bond donors (Lipinski definition) is 0. The molecule has 0 fully saturated rings. The first-order chi connectivity index (χ1) is 13.4. The van der Waals surface area contributed by atoms with Crippen LogP contribution in [0.3, 0.4) is 0 Å². The number of aromatic nitrogens is 2. The Hall–Kier alpha value is -2.93. The number of aryl methyl sites for hydroxylation is 2. The summed E-state index contributed by atoms with van der Waals surface area (Å²) in [4.78, 5) is 41.7. The van der Waals surface area contributed by atoms with Crippen molar-refractivity contribution in [2.75, 3.05) is 12.9 Å². The first kappa shape index (κ1) is 19.8. The molecule has 1 heterocycles. The van der Waals surface area contributed by atoms with Crippen LogP contribution < -0.4 is 5.56 Å². The van der Waals surface area contributed by atoms with E-state index in [1.807, 2.05) is 26.0 Å². The molecule has 0 amide bonds. The Morgan fingerprint density at radius 2 is 1.86 bits per heavy atom. The number of fused-ring (bicyclic) bond motifs is 1. The molecule has 144 valence electrons. The Bertz CT molecular complexity index is 1120. The van der Waals surface area contributed by atoms with Crippen molar-refractivity contribution in [1.29, 1.82) is 0 Å². The van der Waals surface area contributed by atoms with Gasteiger partial charge in [0.2, 0.25) is 0 Å². The van der Waals surface area contributed by atoms with Gasteiger partial charge in [-0.2, -0.15) is 0 Å². The molecule has 7 heteroatoms. The maximum Gasteiger partial charge on any atom is 0.325 e. The number of rotatable bonds is 6. The van der Waals surface area contributed by atoms with Crippen LogP contribution in [-0.2, 0) is 16.1 Å². The Morgan fingerprint density at radius 1 is 1.11 bits per heavy atom. The highest BCUT2D eigenvalue weighted by Gasteiger charge is 2.16. The van der Waals surface area contributed by atoms with Crippen molar-refractivity contribution < 1.29 is 14.3 Å². The molecule has 0 aliphatic carbocycles. The van der Waals surface area contributed by atoms with Crippen LogP contribution >= 0.6 is 11.8 Å². The van der Waals surface area contributed by atoms with E-state index in [0.29, 0.717) is 21.6 Å². The summed E-state index contributed by atoms with van der Waals surface area (Å²) in [6, 6.07) is 12.5. The van der Waals surface area contributed by atoms with E-state index in [-0.39, 0.29) is 23.6 Å². The van der Waals surface area contributed by atoms with Crippen LogP contribution in [0.5, 0.6) is 0 Å². The van der Waals surface area contributed by atoms with E-state index in [4.69, 9.17) is 4.74 Å². The summed E-state index contributed by atoms with van der Waals surface area (Å²) in [5, 5.41) is 0.725. The normalized spacial score (nSPS) is 10.8. The average Bonchev–Trinajstić information content (AvgIpc) is 2.70. The zero-order valence-corrected chi connectivity index (χ0v) is 16.7. The van der Waals surface area contributed by atoms with Gasteiger partial charge in [-0.25, -0.2) is 4.98 Å². The Morgan fingerprint density at radius 3 is 2.57 bits per heavy atom. The minimum Gasteiger partial charge on any atom is -0.468 e. The number of nitrogens with zero attached hydrogens (tertiary/aromatic N) is 2. The minimum atomic E-state index is -0.554. The molecule has 0 spiro atoms. The van der Waals surface area contributed by atoms with Gasteiger partial charge in [-0.15, -0.1) is 0 Å². The van der Waals surface area contributed by atoms with Crippen molar-refractivity contribution >= 4 is 34.4 Å². The van der Waals surface area contributed by atoms with Crippen LogP contribution in [0.2, 0.25) is 0 Å². The van der Waals surface area contributed by atoms with Crippen LogP contribution in [0, 0.1) is 13.8 Å². The summed E-state index contributed by atoms with van der Waals surface area (Å²) in [6.45, 7) is 3.69. The van der Waals surface area contributed by atoms with E-state index in [0.717, 1.165) is 22.9 Å². The largest absolute Gasteiger partial charge is 0.468 e. The molecule has 3 rings (SSSR count). The maximum atomic E-state index is 12.8. The van der Waals surface area contributed by atoms with Gasteiger partial charge in [0, 0.05) is 5.56 Å². The molecular weight excluding hydrogens is 376 g/mol. The molecule has 0 N–H and O–H groups in total. The van der Waals surface area contributed by atoms with E-state index >= 15 is 0 Å². The fraction of sp³-hybridized carbons (Fsp3) is 0.238. The van der Waals surface area contributed by atoms with Crippen LogP contribution in [-0.4, -0.2) is 34.2 Å². The van der Waals surface area contributed by atoms with Gasteiger partial charge in [0.15, 0.2) is 10.9 Å². The number of hydrogen-bond acceptors (Lipinski definition) is 6. The second-order valence-electron chi connectivity index (χ2n) is 6.39. The molecule has 6 nitrogen and oxygen atoms in total. The Balaban J connectivity index is 1.93. The van der Waals surface area contributed by atoms with E-state index in [9.17, 15) is 14.4 Å². The van der Waals surface area contributed by atoms with Gasteiger partial charge < -0.3 is 4.74 Å². The third kappa shape index (κ3) is 4.14. The zero-order valence-electron chi connectivity index (χ0n) is 15.9. The summed E-state index contributed by atoms with van der Waals surface area (Å²) < 4.78 is 5.95. The second kappa shape index (κ2) is 8.39. The standard InChI is InChI=1S/C21H20N2O4S/c1-13-8-9-15(10-14(13)2)18(24)12-28-21-22-17-7-5-4-6-16(17)20(26)23(21)11-19(25)27-3/h4-10H,11-12H2,1-3H3. The molecule has 0 saturated heterocycles. The first-order valence-electron chi connectivity index (χ1n) is 8.70. The number of carbonyl (C=O) groups excluding carboxylic acids is 2. The molecule has 2 aromatic carbocycles. The summed E-state index contributed by atoms with van der Waals surface area (Å²) in [6.07, 6.45) is 0. The van der Waals surface area contributed by atoms with Crippen LogP contribution in [0.25, 0.3) is 10.9 Å². The van der Waals surface area contributed by atoms with Crippen molar-refractivity contribution in [1.82, 2.24) is 9.55 Å². The fourth-order valence-electron chi connectivity index (χ4n) is 2.72. The summed E-state index contributed by atoms with van der Waals surface area (Å²) in [5.41, 5.74) is 2.96. The molecule has 0 radical (unpaired) electrons.